The van der Waals surface area contributed by atoms with Crippen LogP contribution in [0.15, 0.2) is 83.8 Å². The predicted octanol–water partition coefficient (Wildman–Crippen LogP) is 4.38. The van der Waals surface area contributed by atoms with E-state index in [-0.39, 0.29) is 22.5 Å². The van der Waals surface area contributed by atoms with Crippen molar-refractivity contribution in [2.45, 2.75) is 30.7 Å². The van der Waals surface area contributed by atoms with Gasteiger partial charge < -0.3 is 5.32 Å². The fourth-order valence-corrected chi connectivity index (χ4v) is 4.01. The maximum Gasteiger partial charge on any atom is 0.261 e. The Morgan fingerprint density at radius 2 is 1.57 bits per heavy atom. The van der Waals surface area contributed by atoms with Gasteiger partial charge in [-0.3, -0.25) is 9.52 Å². The predicted molar refractivity (Wildman–Crippen MR) is 115 cm³/mol. The number of halogens is 1. The van der Waals surface area contributed by atoms with Crippen molar-refractivity contribution in [3.63, 3.8) is 0 Å². The first-order chi connectivity index (χ1) is 14.3. The number of para-hydroxylation sites is 1. The smallest absolute Gasteiger partial charge is 0.261 e. The van der Waals surface area contributed by atoms with Crippen molar-refractivity contribution in [3.05, 3.63) is 95.8 Å². The molecular formula is C23H23FN2O3S. The van der Waals surface area contributed by atoms with E-state index in [4.69, 9.17) is 0 Å². The van der Waals surface area contributed by atoms with Gasteiger partial charge in [0.05, 0.1) is 10.6 Å². The molecule has 0 radical (unpaired) electrons. The molecule has 0 saturated heterocycles. The van der Waals surface area contributed by atoms with Crippen molar-refractivity contribution in [2.75, 3.05) is 4.72 Å². The standard InChI is InChI=1S/C23H23FN2O3S/c1-17(11-12-18-7-3-2-4-8-18)25-23(27)19-13-15-20(16-14-19)30(28,29)26-22-10-6-5-9-21(22)24/h2-10,13-17,26H,11-12H2,1H3,(H,25,27). The molecule has 1 atom stereocenters. The molecule has 0 aliphatic rings. The van der Waals surface area contributed by atoms with Gasteiger partial charge in [0, 0.05) is 11.6 Å². The van der Waals surface area contributed by atoms with Gasteiger partial charge in [0.15, 0.2) is 0 Å². The van der Waals surface area contributed by atoms with Crippen molar-refractivity contribution >= 4 is 21.6 Å². The Balaban J connectivity index is 1.60. The van der Waals surface area contributed by atoms with Gasteiger partial charge in [-0.1, -0.05) is 42.5 Å². The van der Waals surface area contributed by atoms with Crippen molar-refractivity contribution in [3.8, 4) is 0 Å². The third-order valence-electron chi connectivity index (χ3n) is 4.63. The summed E-state index contributed by atoms with van der Waals surface area (Å²) in [5.74, 6) is -0.942. The summed E-state index contributed by atoms with van der Waals surface area (Å²) in [7, 11) is -3.96. The van der Waals surface area contributed by atoms with Crippen molar-refractivity contribution in [1.29, 1.82) is 0 Å². The number of hydrogen-bond acceptors (Lipinski definition) is 3. The zero-order valence-corrected chi connectivity index (χ0v) is 17.3. The molecule has 30 heavy (non-hydrogen) atoms. The molecule has 0 aromatic heterocycles. The molecule has 0 heterocycles. The third kappa shape index (κ3) is 5.67. The molecule has 1 amide bonds. The van der Waals surface area contributed by atoms with Crippen molar-refractivity contribution in [1.82, 2.24) is 5.32 Å². The Bertz CT molecular complexity index is 1100. The molecule has 0 spiro atoms. The summed E-state index contributed by atoms with van der Waals surface area (Å²) in [4.78, 5) is 12.4. The Morgan fingerprint density at radius 1 is 0.933 bits per heavy atom. The summed E-state index contributed by atoms with van der Waals surface area (Å²) < 4.78 is 40.8. The zero-order valence-electron chi connectivity index (χ0n) is 16.5. The quantitative estimate of drug-likeness (QED) is 0.561. The fraction of sp³-hybridized carbons (Fsp3) is 0.174. The summed E-state index contributed by atoms with van der Waals surface area (Å²) >= 11 is 0. The number of nitrogens with one attached hydrogen (secondary N) is 2. The number of rotatable bonds is 8. The van der Waals surface area contributed by atoms with Crippen LogP contribution >= 0.6 is 0 Å². The van der Waals surface area contributed by atoms with Crippen LogP contribution in [0, 0.1) is 5.82 Å². The second-order valence-electron chi connectivity index (χ2n) is 7.01. The fourth-order valence-electron chi connectivity index (χ4n) is 2.94. The van der Waals surface area contributed by atoms with Crippen LogP contribution in [0.4, 0.5) is 10.1 Å². The van der Waals surface area contributed by atoms with Crippen LogP contribution in [0.2, 0.25) is 0 Å². The summed E-state index contributed by atoms with van der Waals surface area (Å²) in [5, 5.41) is 2.92. The highest BCUT2D eigenvalue weighted by atomic mass is 32.2. The van der Waals surface area contributed by atoms with Crippen LogP contribution in [-0.4, -0.2) is 20.4 Å². The van der Waals surface area contributed by atoms with Gasteiger partial charge in [0.25, 0.3) is 15.9 Å². The number of carbonyl (C=O) groups excluding carboxylic acids is 1. The highest BCUT2D eigenvalue weighted by molar-refractivity contribution is 7.92. The molecule has 3 aromatic rings. The lowest BCUT2D eigenvalue weighted by Crippen LogP contribution is -2.32. The number of anilines is 1. The molecule has 0 saturated carbocycles. The van der Waals surface area contributed by atoms with Crippen LogP contribution < -0.4 is 10.0 Å². The normalized spacial score (nSPS) is 12.2. The molecule has 0 bridgehead atoms. The SMILES string of the molecule is CC(CCc1ccccc1)NC(=O)c1ccc(S(=O)(=O)Nc2ccccc2F)cc1. The average Bonchev–Trinajstić information content (AvgIpc) is 2.74. The van der Waals surface area contributed by atoms with E-state index in [0.717, 1.165) is 12.8 Å². The van der Waals surface area contributed by atoms with E-state index in [9.17, 15) is 17.6 Å². The van der Waals surface area contributed by atoms with E-state index in [2.05, 4.69) is 10.0 Å². The summed E-state index contributed by atoms with van der Waals surface area (Å²) in [5.41, 5.74) is 1.42. The van der Waals surface area contributed by atoms with E-state index in [0.29, 0.717) is 5.56 Å². The van der Waals surface area contributed by atoms with Crippen LogP contribution in [-0.2, 0) is 16.4 Å². The highest BCUT2D eigenvalue weighted by Gasteiger charge is 2.17. The number of hydrogen-bond donors (Lipinski definition) is 2. The lowest BCUT2D eigenvalue weighted by Gasteiger charge is -2.14. The number of sulfonamides is 1. The lowest BCUT2D eigenvalue weighted by molar-refractivity contribution is 0.0938. The summed E-state index contributed by atoms with van der Waals surface area (Å²) in [6.07, 6.45) is 1.63. The third-order valence-corrected chi connectivity index (χ3v) is 6.01. The largest absolute Gasteiger partial charge is 0.350 e. The maximum atomic E-state index is 13.7. The first-order valence-electron chi connectivity index (χ1n) is 9.57. The van der Waals surface area contributed by atoms with Crippen molar-refractivity contribution < 1.29 is 17.6 Å². The maximum absolute atomic E-state index is 13.7. The summed E-state index contributed by atoms with van der Waals surface area (Å²) in [6, 6.07) is 21.0. The second kappa shape index (κ2) is 9.54. The van der Waals surface area contributed by atoms with E-state index >= 15 is 0 Å². The molecular weight excluding hydrogens is 403 g/mol. The van der Waals surface area contributed by atoms with Gasteiger partial charge in [-0.15, -0.1) is 0 Å². The molecule has 0 aliphatic carbocycles. The minimum Gasteiger partial charge on any atom is -0.350 e. The minimum atomic E-state index is -3.96. The first-order valence-corrected chi connectivity index (χ1v) is 11.1. The molecule has 3 rings (SSSR count). The number of aryl methyl sites for hydroxylation is 1. The Morgan fingerprint density at radius 3 is 2.23 bits per heavy atom. The zero-order chi connectivity index (χ0) is 21.6. The second-order valence-corrected chi connectivity index (χ2v) is 8.69. The van der Waals surface area contributed by atoms with Gasteiger partial charge in [0.2, 0.25) is 0 Å². The van der Waals surface area contributed by atoms with Crippen molar-refractivity contribution in [2.24, 2.45) is 0 Å². The Labute approximate surface area is 176 Å². The first kappa shape index (κ1) is 21.5. The molecule has 1 unspecified atom stereocenters. The molecule has 0 aliphatic heterocycles. The topological polar surface area (TPSA) is 75.3 Å². The van der Waals surface area contributed by atoms with Gasteiger partial charge in [-0.25, -0.2) is 12.8 Å². The van der Waals surface area contributed by atoms with E-state index in [1.165, 1.54) is 54.1 Å². The highest BCUT2D eigenvalue weighted by Crippen LogP contribution is 2.19. The minimum absolute atomic E-state index is 0.0381. The van der Waals surface area contributed by atoms with Crippen LogP contribution in [0.3, 0.4) is 0 Å². The van der Waals surface area contributed by atoms with Gasteiger partial charge in [-0.05, 0) is 61.7 Å². The number of amides is 1. The van der Waals surface area contributed by atoms with Crippen LogP contribution in [0.1, 0.15) is 29.3 Å². The number of benzene rings is 3. The van der Waals surface area contributed by atoms with Gasteiger partial charge in [-0.2, -0.15) is 0 Å². The van der Waals surface area contributed by atoms with Gasteiger partial charge >= 0.3 is 0 Å². The molecule has 0 fully saturated rings. The monoisotopic (exact) mass is 426 g/mol. The molecule has 7 heteroatoms. The van der Waals surface area contributed by atoms with E-state index in [1.54, 1.807) is 0 Å². The lowest BCUT2D eigenvalue weighted by atomic mass is 10.1. The Kier molecular flexibility index (Phi) is 6.84. The molecule has 2 N–H and O–H groups in total. The molecule has 156 valence electrons. The van der Waals surface area contributed by atoms with Crippen LogP contribution in [0.25, 0.3) is 0 Å². The van der Waals surface area contributed by atoms with Crippen LogP contribution in [0.5, 0.6) is 0 Å². The van der Waals surface area contributed by atoms with Gasteiger partial charge in [0.1, 0.15) is 5.82 Å². The van der Waals surface area contributed by atoms with E-state index in [1.807, 2.05) is 37.3 Å². The molecule has 5 nitrogen and oxygen atoms in total. The Hall–Kier alpha value is -3.19. The summed E-state index contributed by atoms with van der Waals surface area (Å²) in [6.45, 7) is 1.93. The average molecular weight is 427 g/mol. The molecule has 3 aromatic carbocycles. The number of carbonyl (C=O) groups is 1. The van der Waals surface area contributed by atoms with E-state index < -0.39 is 15.8 Å².